The van der Waals surface area contributed by atoms with Crippen LogP contribution in [0.25, 0.3) is 0 Å². The minimum absolute atomic E-state index is 0.0682. The van der Waals surface area contributed by atoms with Gasteiger partial charge in [-0.25, -0.2) is 4.98 Å². The summed E-state index contributed by atoms with van der Waals surface area (Å²) in [6.45, 7) is 2.11. The fourth-order valence-corrected chi connectivity index (χ4v) is 2.70. The average molecular weight is 242 g/mol. The first kappa shape index (κ1) is 11.4. The van der Waals surface area contributed by atoms with E-state index in [0.29, 0.717) is 0 Å². The van der Waals surface area contributed by atoms with Gasteiger partial charge in [-0.3, -0.25) is 0 Å². The SMILES string of the molecule is CC(N[C@@H]1Cc2ccccc2[C@H]1N)c1ncc[nH]1. The molecule has 18 heavy (non-hydrogen) atoms. The Morgan fingerprint density at radius 2 is 2.28 bits per heavy atom. The van der Waals surface area contributed by atoms with Crippen molar-refractivity contribution in [3.05, 3.63) is 53.6 Å². The van der Waals surface area contributed by atoms with Crippen molar-refractivity contribution in [2.45, 2.75) is 31.5 Å². The van der Waals surface area contributed by atoms with Crippen LogP contribution < -0.4 is 11.1 Å². The minimum atomic E-state index is 0.0682. The van der Waals surface area contributed by atoms with Gasteiger partial charge >= 0.3 is 0 Å². The predicted molar refractivity (Wildman–Crippen MR) is 71.0 cm³/mol. The van der Waals surface area contributed by atoms with Gasteiger partial charge in [-0.2, -0.15) is 0 Å². The highest BCUT2D eigenvalue weighted by atomic mass is 15.0. The quantitative estimate of drug-likeness (QED) is 0.767. The van der Waals surface area contributed by atoms with Crippen molar-refractivity contribution in [1.29, 1.82) is 0 Å². The molecule has 1 aliphatic carbocycles. The molecule has 4 heteroatoms. The van der Waals surface area contributed by atoms with Crippen LogP contribution >= 0.6 is 0 Å². The smallest absolute Gasteiger partial charge is 0.122 e. The zero-order valence-corrected chi connectivity index (χ0v) is 10.4. The summed E-state index contributed by atoms with van der Waals surface area (Å²) in [5, 5.41) is 3.56. The summed E-state index contributed by atoms with van der Waals surface area (Å²) in [5.74, 6) is 0.957. The maximum atomic E-state index is 6.30. The van der Waals surface area contributed by atoms with Crippen LogP contribution in [0.4, 0.5) is 0 Å². The lowest BCUT2D eigenvalue weighted by Crippen LogP contribution is -2.38. The van der Waals surface area contributed by atoms with Crippen LogP contribution in [0, 0.1) is 0 Å². The van der Waals surface area contributed by atoms with Crippen molar-refractivity contribution in [1.82, 2.24) is 15.3 Å². The molecule has 3 atom stereocenters. The number of nitrogens with zero attached hydrogens (tertiary/aromatic N) is 1. The number of hydrogen-bond donors (Lipinski definition) is 3. The third kappa shape index (κ3) is 1.94. The van der Waals surface area contributed by atoms with Crippen LogP contribution in [-0.4, -0.2) is 16.0 Å². The first-order valence-electron chi connectivity index (χ1n) is 6.34. The molecular formula is C14H18N4. The summed E-state index contributed by atoms with van der Waals surface area (Å²) in [6, 6.07) is 8.95. The number of H-pyrrole nitrogens is 1. The van der Waals surface area contributed by atoms with E-state index in [0.717, 1.165) is 12.2 Å². The van der Waals surface area contributed by atoms with E-state index in [4.69, 9.17) is 5.73 Å². The van der Waals surface area contributed by atoms with Gasteiger partial charge in [0, 0.05) is 24.5 Å². The number of benzene rings is 1. The molecule has 0 spiro atoms. The molecule has 1 aromatic carbocycles. The zero-order valence-electron chi connectivity index (χ0n) is 10.4. The zero-order chi connectivity index (χ0) is 12.5. The molecule has 1 unspecified atom stereocenters. The van der Waals surface area contributed by atoms with E-state index >= 15 is 0 Å². The lowest BCUT2D eigenvalue weighted by Gasteiger charge is -2.21. The molecule has 1 aromatic heterocycles. The van der Waals surface area contributed by atoms with Gasteiger partial charge in [0.15, 0.2) is 0 Å². The molecule has 94 valence electrons. The van der Waals surface area contributed by atoms with Crippen LogP contribution in [0.1, 0.15) is 36.0 Å². The van der Waals surface area contributed by atoms with Gasteiger partial charge in [0.2, 0.25) is 0 Å². The average Bonchev–Trinajstić information content (AvgIpc) is 3.00. The van der Waals surface area contributed by atoms with Crippen molar-refractivity contribution >= 4 is 0 Å². The Bertz CT molecular complexity index is 520. The highest BCUT2D eigenvalue weighted by molar-refractivity contribution is 5.36. The molecule has 0 fully saturated rings. The molecule has 0 aliphatic heterocycles. The molecule has 4 nitrogen and oxygen atoms in total. The number of imidazole rings is 1. The summed E-state index contributed by atoms with van der Waals surface area (Å²) in [6.07, 6.45) is 4.61. The molecule has 1 heterocycles. The minimum Gasteiger partial charge on any atom is -0.347 e. The van der Waals surface area contributed by atoms with E-state index in [9.17, 15) is 0 Å². The Labute approximate surface area is 107 Å². The van der Waals surface area contributed by atoms with Gasteiger partial charge in [0.1, 0.15) is 5.82 Å². The number of hydrogen-bond acceptors (Lipinski definition) is 3. The highest BCUT2D eigenvalue weighted by Crippen LogP contribution is 2.30. The van der Waals surface area contributed by atoms with E-state index < -0.39 is 0 Å². The lowest BCUT2D eigenvalue weighted by molar-refractivity contribution is 0.409. The third-order valence-electron chi connectivity index (χ3n) is 3.68. The molecule has 3 rings (SSSR count). The van der Waals surface area contributed by atoms with Crippen molar-refractivity contribution < 1.29 is 0 Å². The van der Waals surface area contributed by atoms with Gasteiger partial charge in [-0.1, -0.05) is 24.3 Å². The molecule has 0 saturated carbocycles. The van der Waals surface area contributed by atoms with Crippen LogP contribution in [0.2, 0.25) is 0 Å². The summed E-state index contributed by atoms with van der Waals surface area (Å²) in [5.41, 5.74) is 8.92. The Morgan fingerprint density at radius 3 is 3.00 bits per heavy atom. The maximum absolute atomic E-state index is 6.30. The summed E-state index contributed by atoms with van der Waals surface area (Å²) < 4.78 is 0. The predicted octanol–water partition coefficient (Wildman–Crippen LogP) is 1.68. The van der Waals surface area contributed by atoms with Crippen molar-refractivity contribution in [2.75, 3.05) is 0 Å². The topological polar surface area (TPSA) is 66.7 Å². The number of nitrogens with one attached hydrogen (secondary N) is 2. The molecular weight excluding hydrogens is 224 g/mol. The molecule has 2 aromatic rings. The molecule has 0 saturated heterocycles. The number of aromatic amines is 1. The van der Waals surface area contributed by atoms with Gasteiger partial charge < -0.3 is 16.0 Å². The Kier molecular flexibility index (Phi) is 2.89. The van der Waals surface area contributed by atoms with Gasteiger partial charge in [-0.05, 0) is 24.5 Å². The lowest BCUT2D eigenvalue weighted by atomic mass is 10.1. The third-order valence-corrected chi connectivity index (χ3v) is 3.68. The Hall–Kier alpha value is -1.65. The van der Waals surface area contributed by atoms with Crippen molar-refractivity contribution in [3.8, 4) is 0 Å². The van der Waals surface area contributed by atoms with E-state index in [1.165, 1.54) is 11.1 Å². The second-order valence-electron chi connectivity index (χ2n) is 4.90. The molecule has 1 aliphatic rings. The van der Waals surface area contributed by atoms with E-state index in [1.54, 1.807) is 6.20 Å². The van der Waals surface area contributed by atoms with E-state index in [-0.39, 0.29) is 18.1 Å². The van der Waals surface area contributed by atoms with E-state index in [1.807, 2.05) is 6.20 Å². The molecule has 4 N–H and O–H groups in total. The van der Waals surface area contributed by atoms with Gasteiger partial charge in [0.25, 0.3) is 0 Å². The fraction of sp³-hybridized carbons (Fsp3) is 0.357. The highest BCUT2D eigenvalue weighted by Gasteiger charge is 2.30. The largest absolute Gasteiger partial charge is 0.347 e. The first-order chi connectivity index (χ1) is 8.75. The number of fused-ring (bicyclic) bond motifs is 1. The number of rotatable bonds is 3. The van der Waals surface area contributed by atoms with Crippen LogP contribution in [0.15, 0.2) is 36.7 Å². The summed E-state index contributed by atoms with van der Waals surface area (Å²) >= 11 is 0. The van der Waals surface area contributed by atoms with Crippen LogP contribution in [0.5, 0.6) is 0 Å². The second-order valence-corrected chi connectivity index (χ2v) is 4.90. The van der Waals surface area contributed by atoms with Crippen LogP contribution in [-0.2, 0) is 6.42 Å². The summed E-state index contributed by atoms with van der Waals surface area (Å²) in [7, 11) is 0. The van der Waals surface area contributed by atoms with Crippen molar-refractivity contribution in [3.63, 3.8) is 0 Å². The molecule has 0 amide bonds. The fourth-order valence-electron chi connectivity index (χ4n) is 2.70. The summed E-state index contributed by atoms with van der Waals surface area (Å²) in [4.78, 5) is 7.41. The normalized spacial score (nSPS) is 23.9. The van der Waals surface area contributed by atoms with Gasteiger partial charge in [0.05, 0.1) is 6.04 Å². The van der Waals surface area contributed by atoms with E-state index in [2.05, 4.69) is 46.5 Å². The standard InChI is InChI=1S/C14H18N4/c1-9(14-16-6-7-17-14)18-12-8-10-4-2-3-5-11(10)13(12)15/h2-7,9,12-13,18H,8,15H2,1H3,(H,16,17)/t9?,12-,13-/m1/s1. The molecule has 0 bridgehead atoms. The monoisotopic (exact) mass is 242 g/mol. The maximum Gasteiger partial charge on any atom is 0.122 e. The number of nitrogens with two attached hydrogens (primary N) is 1. The second kappa shape index (κ2) is 4.55. The van der Waals surface area contributed by atoms with Gasteiger partial charge in [-0.15, -0.1) is 0 Å². The van der Waals surface area contributed by atoms with Crippen LogP contribution in [0.3, 0.4) is 0 Å². The molecule has 0 radical (unpaired) electrons. The Balaban J connectivity index is 1.73. The van der Waals surface area contributed by atoms with Crippen molar-refractivity contribution in [2.24, 2.45) is 5.73 Å². The Morgan fingerprint density at radius 1 is 1.44 bits per heavy atom. The number of aromatic nitrogens is 2. The first-order valence-corrected chi connectivity index (χ1v) is 6.34.